The predicted molar refractivity (Wildman–Crippen MR) is 197 cm³/mol. The van der Waals surface area contributed by atoms with Gasteiger partial charge in [0.25, 0.3) is 0 Å². The molecule has 2 atom stereocenters. The molecule has 10 heteroatoms. The first kappa shape index (κ1) is 46.5. The lowest BCUT2D eigenvalue weighted by atomic mass is 10.0. The minimum absolute atomic E-state index is 0.0538. The second-order valence-electron chi connectivity index (χ2n) is 12.8. The third-order valence-corrected chi connectivity index (χ3v) is 9.07. The molecule has 48 heavy (non-hydrogen) atoms. The predicted octanol–water partition coefficient (Wildman–Crippen LogP) is 10.4. The van der Waals surface area contributed by atoms with Crippen molar-refractivity contribution in [1.29, 1.82) is 0 Å². The Balaban J connectivity index is 3.93. The standard InChI is InChI=1S/C38H72NO8P/c1-3-5-7-9-10-11-12-13-14-15-16-17-18-19-20-21-22-23-24-25-26-27-29-31-38(41)47-36(35-46-48(42,43)45-33-32-39)34-44-37(40)30-28-8-6-4-2/h12-13,15-16,36H,3-11,14,17-35,39H2,1-2H3,(H,42,43)/b13-12-,16-15-. The second-order valence-corrected chi connectivity index (χ2v) is 14.3. The molecule has 0 aromatic carbocycles. The van der Waals surface area contributed by atoms with E-state index in [4.69, 9.17) is 24.3 Å². The Hall–Kier alpha value is -1.51. The lowest BCUT2D eigenvalue weighted by molar-refractivity contribution is -0.161. The molecule has 0 heterocycles. The van der Waals surface area contributed by atoms with Crippen molar-refractivity contribution in [3.05, 3.63) is 24.3 Å². The highest BCUT2D eigenvalue weighted by molar-refractivity contribution is 7.47. The molecule has 0 aliphatic heterocycles. The van der Waals surface area contributed by atoms with Crippen LogP contribution in [0.4, 0.5) is 0 Å². The number of esters is 2. The molecule has 0 aliphatic rings. The van der Waals surface area contributed by atoms with E-state index in [0.717, 1.165) is 51.4 Å². The van der Waals surface area contributed by atoms with Crippen LogP contribution in [-0.2, 0) is 32.7 Å². The van der Waals surface area contributed by atoms with Gasteiger partial charge >= 0.3 is 19.8 Å². The number of hydrogen-bond acceptors (Lipinski definition) is 8. The average Bonchev–Trinajstić information content (AvgIpc) is 3.07. The third kappa shape index (κ3) is 34.4. The Morgan fingerprint density at radius 1 is 0.625 bits per heavy atom. The molecule has 0 saturated heterocycles. The fraction of sp³-hybridized carbons (Fsp3) is 0.842. The molecular formula is C38H72NO8P. The van der Waals surface area contributed by atoms with Crippen LogP contribution in [0, 0.1) is 0 Å². The molecular weight excluding hydrogens is 629 g/mol. The van der Waals surface area contributed by atoms with Crippen molar-refractivity contribution in [2.75, 3.05) is 26.4 Å². The molecule has 0 aromatic rings. The van der Waals surface area contributed by atoms with E-state index in [2.05, 4.69) is 38.2 Å². The molecule has 3 N–H and O–H groups in total. The molecule has 0 radical (unpaired) electrons. The van der Waals surface area contributed by atoms with E-state index in [1.807, 2.05) is 0 Å². The van der Waals surface area contributed by atoms with Gasteiger partial charge in [0.2, 0.25) is 0 Å². The molecule has 2 unspecified atom stereocenters. The summed E-state index contributed by atoms with van der Waals surface area (Å²) in [5.74, 6) is -0.849. The van der Waals surface area contributed by atoms with E-state index in [0.29, 0.717) is 6.42 Å². The molecule has 0 amide bonds. The van der Waals surface area contributed by atoms with Crippen LogP contribution in [0.15, 0.2) is 24.3 Å². The van der Waals surface area contributed by atoms with Crippen LogP contribution < -0.4 is 5.73 Å². The SMILES string of the molecule is CCCCCCC/C=C\C/C=C\CCCCCCCCCCCCCC(=O)OC(COC(=O)CCCCCC)COP(=O)(O)OCCN. The number of hydrogen-bond donors (Lipinski definition) is 2. The zero-order valence-electron chi connectivity index (χ0n) is 30.7. The first-order valence-corrected chi connectivity index (χ1v) is 20.8. The molecule has 0 saturated carbocycles. The number of rotatable bonds is 36. The number of phosphoric ester groups is 1. The van der Waals surface area contributed by atoms with Gasteiger partial charge in [-0.3, -0.25) is 18.6 Å². The smallest absolute Gasteiger partial charge is 0.462 e. The minimum atomic E-state index is -4.36. The van der Waals surface area contributed by atoms with Crippen LogP contribution in [0.25, 0.3) is 0 Å². The third-order valence-electron chi connectivity index (χ3n) is 8.09. The summed E-state index contributed by atoms with van der Waals surface area (Å²) in [6, 6.07) is 0. The van der Waals surface area contributed by atoms with Gasteiger partial charge in [-0.25, -0.2) is 4.57 Å². The second kappa shape index (κ2) is 35.3. The number of nitrogens with two attached hydrogens (primary N) is 1. The van der Waals surface area contributed by atoms with Gasteiger partial charge in [-0.2, -0.15) is 0 Å². The van der Waals surface area contributed by atoms with Gasteiger partial charge < -0.3 is 20.1 Å². The Labute approximate surface area is 293 Å². The molecule has 9 nitrogen and oxygen atoms in total. The van der Waals surface area contributed by atoms with Crippen molar-refractivity contribution in [3.63, 3.8) is 0 Å². The summed E-state index contributed by atoms with van der Waals surface area (Å²) in [4.78, 5) is 34.3. The fourth-order valence-electron chi connectivity index (χ4n) is 5.19. The first-order chi connectivity index (χ1) is 23.3. The summed E-state index contributed by atoms with van der Waals surface area (Å²) >= 11 is 0. The van der Waals surface area contributed by atoms with Crippen molar-refractivity contribution < 1.29 is 37.6 Å². The molecule has 0 aromatic heterocycles. The van der Waals surface area contributed by atoms with Gasteiger partial charge in [-0.15, -0.1) is 0 Å². The van der Waals surface area contributed by atoms with E-state index < -0.39 is 32.5 Å². The lowest BCUT2D eigenvalue weighted by Crippen LogP contribution is -2.29. The summed E-state index contributed by atoms with van der Waals surface area (Å²) in [5, 5.41) is 0. The fourth-order valence-corrected chi connectivity index (χ4v) is 5.96. The Morgan fingerprint density at radius 2 is 1.08 bits per heavy atom. The monoisotopic (exact) mass is 701 g/mol. The van der Waals surface area contributed by atoms with E-state index in [1.54, 1.807) is 0 Å². The molecule has 0 aliphatic carbocycles. The van der Waals surface area contributed by atoms with Gasteiger partial charge in [0.15, 0.2) is 6.10 Å². The van der Waals surface area contributed by atoms with E-state index in [-0.39, 0.29) is 32.6 Å². The highest BCUT2D eigenvalue weighted by atomic mass is 31.2. The zero-order valence-corrected chi connectivity index (χ0v) is 31.6. The molecule has 0 bridgehead atoms. The summed E-state index contributed by atoms with van der Waals surface area (Å²) in [5.41, 5.74) is 5.31. The summed E-state index contributed by atoms with van der Waals surface area (Å²) in [6.07, 6.45) is 35.6. The maximum Gasteiger partial charge on any atom is 0.472 e. The van der Waals surface area contributed by atoms with Crippen LogP contribution in [0.3, 0.4) is 0 Å². The topological polar surface area (TPSA) is 134 Å². The quantitative estimate of drug-likeness (QED) is 0.0283. The Bertz CT molecular complexity index is 851. The van der Waals surface area contributed by atoms with Gasteiger partial charge in [0.1, 0.15) is 6.61 Å². The number of carbonyl (C=O) groups is 2. The normalized spacial score (nSPS) is 13.7. The van der Waals surface area contributed by atoms with Crippen molar-refractivity contribution in [2.45, 2.75) is 180 Å². The number of phosphoric acid groups is 1. The highest BCUT2D eigenvalue weighted by Crippen LogP contribution is 2.43. The lowest BCUT2D eigenvalue weighted by Gasteiger charge is -2.19. The number of ether oxygens (including phenoxy) is 2. The van der Waals surface area contributed by atoms with Crippen molar-refractivity contribution in [3.8, 4) is 0 Å². The molecule has 0 fully saturated rings. The first-order valence-electron chi connectivity index (χ1n) is 19.3. The molecule has 0 spiro atoms. The van der Waals surface area contributed by atoms with Gasteiger partial charge in [0, 0.05) is 19.4 Å². The minimum Gasteiger partial charge on any atom is -0.462 e. The average molecular weight is 702 g/mol. The van der Waals surface area contributed by atoms with Crippen molar-refractivity contribution in [2.24, 2.45) is 5.73 Å². The number of allylic oxidation sites excluding steroid dienone is 4. The van der Waals surface area contributed by atoms with Crippen LogP contribution in [0.5, 0.6) is 0 Å². The number of unbranched alkanes of at least 4 members (excludes halogenated alkanes) is 19. The van der Waals surface area contributed by atoms with E-state index in [9.17, 15) is 19.0 Å². The molecule has 282 valence electrons. The maximum atomic E-state index is 12.5. The van der Waals surface area contributed by atoms with Crippen LogP contribution in [0.1, 0.15) is 174 Å². The molecule has 0 rings (SSSR count). The van der Waals surface area contributed by atoms with Crippen molar-refractivity contribution in [1.82, 2.24) is 0 Å². The maximum absolute atomic E-state index is 12.5. The van der Waals surface area contributed by atoms with Crippen LogP contribution >= 0.6 is 7.82 Å². The summed E-state index contributed by atoms with van der Waals surface area (Å²) in [7, 11) is -4.36. The van der Waals surface area contributed by atoms with Crippen molar-refractivity contribution >= 4 is 19.8 Å². The van der Waals surface area contributed by atoms with Gasteiger partial charge in [-0.1, -0.05) is 141 Å². The Kier molecular flexibility index (Phi) is 34.2. The van der Waals surface area contributed by atoms with E-state index >= 15 is 0 Å². The summed E-state index contributed by atoms with van der Waals surface area (Å²) in [6.45, 7) is 3.58. The zero-order chi connectivity index (χ0) is 35.4. The number of carbonyl (C=O) groups excluding carboxylic acids is 2. The Morgan fingerprint density at radius 3 is 1.60 bits per heavy atom. The largest absolute Gasteiger partial charge is 0.472 e. The van der Waals surface area contributed by atoms with Gasteiger partial charge in [0.05, 0.1) is 13.2 Å². The van der Waals surface area contributed by atoms with Gasteiger partial charge in [-0.05, 0) is 44.9 Å². The van der Waals surface area contributed by atoms with Crippen LogP contribution in [0.2, 0.25) is 0 Å². The van der Waals surface area contributed by atoms with E-state index in [1.165, 1.54) is 89.9 Å². The van der Waals surface area contributed by atoms with Crippen LogP contribution in [-0.4, -0.2) is 49.3 Å². The highest BCUT2D eigenvalue weighted by Gasteiger charge is 2.25. The summed E-state index contributed by atoms with van der Waals surface area (Å²) < 4.78 is 32.4.